The number of carbonyl (C=O) groups excluding carboxylic acids is 1. The number of anilines is 1. The summed E-state index contributed by atoms with van der Waals surface area (Å²) < 4.78 is 1.45. The predicted molar refractivity (Wildman–Crippen MR) is 96.1 cm³/mol. The van der Waals surface area contributed by atoms with Gasteiger partial charge in [-0.3, -0.25) is 4.79 Å². The van der Waals surface area contributed by atoms with Crippen molar-refractivity contribution in [3.8, 4) is 0 Å². The molecule has 134 valence electrons. The lowest BCUT2D eigenvalue weighted by Gasteiger charge is -2.31. The van der Waals surface area contributed by atoms with Crippen LogP contribution >= 0.6 is 0 Å². The third-order valence-corrected chi connectivity index (χ3v) is 4.46. The first-order valence-electron chi connectivity index (χ1n) is 8.53. The number of carboxylic acid groups (broad SMARTS) is 1. The van der Waals surface area contributed by atoms with Gasteiger partial charge in [-0.2, -0.15) is 9.78 Å². The molecule has 0 saturated carbocycles. The Hall–Kier alpha value is -2.57. The number of rotatable bonds is 2. The molecular weight excluding hydrogens is 320 g/mol. The molecule has 2 N–H and O–H groups in total. The molecule has 1 atom stereocenters. The molecule has 1 aliphatic heterocycles. The second kappa shape index (κ2) is 6.38. The molecule has 1 fully saturated rings. The normalized spacial score (nSPS) is 18.4. The summed E-state index contributed by atoms with van der Waals surface area (Å²) >= 11 is 0. The molecule has 0 bridgehead atoms. The van der Waals surface area contributed by atoms with Crippen molar-refractivity contribution in [3.05, 3.63) is 24.4 Å². The van der Waals surface area contributed by atoms with E-state index < -0.39 is 11.5 Å². The van der Waals surface area contributed by atoms with Gasteiger partial charge in [0, 0.05) is 35.6 Å². The van der Waals surface area contributed by atoms with E-state index in [9.17, 15) is 9.59 Å². The van der Waals surface area contributed by atoms with Gasteiger partial charge in [0.1, 0.15) is 0 Å². The molecule has 0 radical (unpaired) electrons. The zero-order valence-corrected chi connectivity index (χ0v) is 14.8. The largest absolute Gasteiger partial charge is 0.465 e. The van der Waals surface area contributed by atoms with Crippen molar-refractivity contribution >= 4 is 28.6 Å². The minimum absolute atomic E-state index is 0.0485. The minimum atomic E-state index is -0.871. The first-order chi connectivity index (χ1) is 11.8. The van der Waals surface area contributed by atoms with Crippen LogP contribution in [-0.2, 0) is 0 Å². The van der Waals surface area contributed by atoms with E-state index in [1.54, 1.807) is 6.20 Å². The topological polar surface area (TPSA) is 87.5 Å². The average Bonchev–Trinajstić information content (AvgIpc) is 2.96. The Morgan fingerprint density at radius 2 is 2.08 bits per heavy atom. The number of benzene rings is 1. The molecule has 2 aromatic rings. The molecule has 0 spiro atoms. The van der Waals surface area contributed by atoms with Gasteiger partial charge >= 0.3 is 6.09 Å². The number of likely N-dealkylation sites (tertiary alicyclic amines) is 1. The van der Waals surface area contributed by atoms with E-state index >= 15 is 0 Å². The van der Waals surface area contributed by atoms with Crippen LogP contribution in [0.1, 0.15) is 38.4 Å². The van der Waals surface area contributed by atoms with Crippen molar-refractivity contribution < 1.29 is 14.7 Å². The van der Waals surface area contributed by atoms with Crippen LogP contribution in [0.25, 0.3) is 10.9 Å². The van der Waals surface area contributed by atoms with E-state index in [-0.39, 0.29) is 11.9 Å². The van der Waals surface area contributed by atoms with Crippen LogP contribution in [0, 0.1) is 5.41 Å². The summed E-state index contributed by atoms with van der Waals surface area (Å²) in [5.41, 5.74) is 1.19. The quantitative estimate of drug-likeness (QED) is 0.873. The van der Waals surface area contributed by atoms with E-state index in [2.05, 4.69) is 10.4 Å². The van der Waals surface area contributed by atoms with E-state index in [1.165, 1.54) is 9.58 Å². The first kappa shape index (κ1) is 17.3. The monoisotopic (exact) mass is 344 g/mol. The molecule has 7 heteroatoms. The minimum Gasteiger partial charge on any atom is -0.465 e. The van der Waals surface area contributed by atoms with Gasteiger partial charge in [-0.15, -0.1) is 0 Å². The van der Waals surface area contributed by atoms with Crippen molar-refractivity contribution in [2.24, 2.45) is 5.41 Å². The summed E-state index contributed by atoms with van der Waals surface area (Å²) in [4.78, 5) is 25.0. The fourth-order valence-electron chi connectivity index (χ4n) is 3.11. The summed E-state index contributed by atoms with van der Waals surface area (Å²) in [7, 11) is 0. The Morgan fingerprint density at radius 1 is 1.32 bits per heavy atom. The van der Waals surface area contributed by atoms with Crippen molar-refractivity contribution in [1.29, 1.82) is 0 Å². The standard InChI is InChI=1S/C18H24N4O3/c1-18(2,3)16(23)22-15-7-6-13(9-12(15)10-19-22)20-14-5-4-8-21(11-14)17(24)25/h6-7,9-10,14,20H,4-5,8,11H2,1-3H3,(H,24,25). The third-order valence-electron chi connectivity index (χ3n) is 4.46. The second-order valence-electron chi connectivity index (χ2n) is 7.60. The lowest BCUT2D eigenvalue weighted by Crippen LogP contribution is -2.44. The summed E-state index contributed by atoms with van der Waals surface area (Å²) in [6.07, 6.45) is 2.60. The van der Waals surface area contributed by atoms with Crippen LogP contribution in [0.15, 0.2) is 24.4 Å². The Labute approximate surface area is 146 Å². The third kappa shape index (κ3) is 3.60. The Morgan fingerprint density at radius 3 is 2.76 bits per heavy atom. The van der Waals surface area contributed by atoms with Crippen LogP contribution in [0.3, 0.4) is 0 Å². The van der Waals surface area contributed by atoms with Crippen LogP contribution in [0.2, 0.25) is 0 Å². The number of hydrogen-bond acceptors (Lipinski definition) is 4. The van der Waals surface area contributed by atoms with E-state index in [0.717, 1.165) is 29.4 Å². The van der Waals surface area contributed by atoms with Gasteiger partial charge in [0.2, 0.25) is 0 Å². The Balaban J connectivity index is 1.78. The molecule has 0 aliphatic carbocycles. The average molecular weight is 344 g/mol. The summed E-state index contributed by atoms with van der Waals surface area (Å²) in [5.74, 6) is -0.0485. The molecule has 1 saturated heterocycles. The highest BCUT2D eigenvalue weighted by Gasteiger charge is 2.26. The first-order valence-corrected chi connectivity index (χ1v) is 8.53. The maximum absolute atomic E-state index is 12.5. The molecule has 2 heterocycles. The van der Waals surface area contributed by atoms with Gasteiger partial charge in [0.15, 0.2) is 0 Å². The SMILES string of the molecule is CC(C)(C)C(=O)n1ncc2cc(NC3CCCN(C(=O)O)C3)ccc21. The van der Waals surface area contributed by atoms with Crippen LogP contribution in [0.4, 0.5) is 10.5 Å². The van der Waals surface area contributed by atoms with Crippen molar-refractivity contribution in [2.45, 2.75) is 39.7 Å². The number of nitrogens with one attached hydrogen (secondary N) is 1. The van der Waals surface area contributed by atoms with Gasteiger partial charge < -0.3 is 15.3 Å². The van der Waals surface area contributed by atoms with Crippen molar-refractivity contribution in [1.82, 2.24) is 14.7 Å². The van der Waals surface area contributed by atoms with Gasteiger partial charge in [0.05, 0.1) is 11.7 Å². The predicted octanol–water partition coefficient (Wildman–Crippen LogP) is 3.28. The Kier molecular flexibility index (Phi) is 4.41. The molecule has 7 nitrogen and oxygen atoms in total. The molecule has 1 aliphatic rings. The number of amides is 1. The van der Waals surface area contributed by atoms with Crippen molar-refractivity contribution in [2.75, 3.05) is 18.4 Å². The van der Waals surface area contributed by atoms with Gasteiger partial charge in [-0.1, -0.05) is 20.8 Å². The number of piperidine rings is 1. The smallest absolute Gasteiger partial charge is 0.407 e. The highest BCUT2D eigenvalue weighted by atomic mass is 16.4. The summed E-state index contributed by atoms with van der Waals surface area (Å²) in [6, 6.07) is 5.84. The Bertz CT molecular complexity index is 806. The lowest BCUT2D eigenvalue weighted by atomic mass is 9.96. The molecular formula is C18H24N4O3. The van der Waals surface area contributed by atoms with Gasteiger partial charge in [0.25, 0.3) is 5.91 Å². The molecule has 1 aromatic heterocycles. The zero-order chi connectivity index (χ0) is 18.2. The van der Waals surface area contributed by atoms with Crippen LogP contribution in [-0.4, -0.2) is 50.9 Å². The second-order valence-corrected chi connectivity index (χ2v) is 7.60. The summed E-state index contributed by atoms with van der Waals surface area (Å²) in [6.45, 7) is 6.69. The number of nitrogens with zero attached hydrogens (tertiary/aromatic N) is 3. The number of aromatic nitrogens is 2. The highest BCUT2D eigenvalue weighted by Crippen LogP contribution is 2.24. The van der Waals surface area contributed by atoms with Gasteiger partial charge in [-0.25, -0.2) is 4.79 Å². The van der Waals surface area contributed by atoms with Crippen molar-refractivity contribution in [3.63, 3.8) is 0 Å². The zero-order valence-electron chi connectivity index (χ0n) is 14.8. The van der Waals surface area contributed by atoms with Gasteiger partial charge in [-0.05, 0) is 31.0 Å². The molecule has 1 amide bonds. The fourth-order valence-corrected chi connectivity index (χ4v) is 3.11. The number of carbonyl (C=O) groups is 2. The maximum Gasteiger partial charge on any atom is 0.407 e. The maximum atomic E-state index is 12.5. The molecule has 1 aromatic carbocycles. The van der Waals surface area contributed by atoms with E-state index in [4.69, 9.17) is 5.11 Å². The van der Waals surface area contributed by atoms with Crippen LogP contribution < -0.4 is 5.32 Å². The number of fused-ring (bicyclic) bond motifs is 1. The summed E-state index contributed by atoms with van der Waals surface area (Å²) in [5, 5.41) is 17.7. The lowest BCUT2D eigenvalue weighted by molar-refractivity contribution is 0.0755. The van der Waals surface area contributed by atoms with E-state index in [0.29, 0.717) is 13.1 Å². The van der Waals surface area contributed by atoms with E-state index in [1.807, 2.05) is 39.0 Å². The molecule has 25 heavy (non-hydrogen) atoms. The van der Waals surface area contributed by atoms with Crippen LogP contribution in [0.5, 0.6) is 0 Å². The number of hydrogen-bond donors (Lipinski definition) is 2. The highest BCUT2D eigenvalue weighted by molar-refractivity contribution is 5.94. The fraction of sp³-hybridized carbons (Fsp3) is 0.500. The molecule has 3 rings (SSSR count). The molecule has 1 unspecified atom stereocenters.